The number of phosphoric ester groups is 2. The first-order chi connectivity index (χ1) is 46.1. The molecule has 19 heteroatoms. The number of ether oxygens (including phenoxy) is 4. The molecule has 0 heterocycles. The largest absolute Gasteiger partial charge is 0.472 e. The van der Waals surface area contributed by atoms with Crippen LogP contribution in [0.5, 0.6) is 0 Å². The minimum absolute atomic E-state index is 0.105. The highest BCUT2D eigenvalue weighted by Gasteiger charge is 2.30. The number of carbonyl (C=O) groups is 4. The first-order valence-corrected chi connectivity index (χ1v) is 42.7. The Labute approximate surface area is 588 Å². The van der Waals surface area contributed by atoms with Crippen molar-refractivity contribution in [2.75, 3.05) is 39.6 Å². The van der Waals surface area contributed by atoms with Crippen molar-refractivity contribution in [1.82, 2.24) is 0 Å². The summed E-state index contributed by atoms with van der Waals surface area (Å²) >= 11 is 0. The molecule has 0 aromatic heterocycles. The van der Waals surface area contributed by atoms with Crippen LogP contribution < -0.4 is 0 Å². The fraction of sp³-hybridized carbons (Fsp3) is 0.948. The molecule has 96 heavy (non-hydrogen) atoms. The summed E-state index contributed by atoms with van der Waals surface area (Å²) in [7, 11) is -9.92. The average molecular weight is 1410 g/mol. The number of aliphatic hydroxyl groups is 1. The van der Waals surface area contributed by atoms with Gasteiger partial charge in [-0.15, -0.1) is 0 Å². The highest BCUT2D eigenvalue weighted by Crippen LogP contribution is 2.45. The predicted molar refractivity (Wildman–Crippen MR) is 391 cm³/mol. The number of unbranched alkanes of at least 4 members (excludes halogenated alkanes) is 39. The molecule has 0 saturated heterocycles. The fourth-order valence-corrected chi connectivity index (χ4v) is 13.3. The maximum Gasteiger partial charge on any atom is 0.472 e. The van der Waals surface area contributed by atoms with Crippen molar-refractivity contribution in [3.8, 4) is 0 Å². The Bertz CT molecular complexity index is 1890. The van der Waals surface area contributed by atoms with E-state index in [9.17, 15) is 43.2 Å². The van der Waals surface area contributed by atoms with Crippen molar-refractivity contribution in [2.45, 2.75) is 408 Å². The average Bonchev–Trinajstić information content (AvgIpc) is 1.65. The van der Waals surface area contributed by atoms with E-state index in [2.05, 4.69) is 55.4 Å². The van der Waals surface area contributed by atoms with Gasteiger partial charge in [-0.25, -0.2) is 9.13 Å². The zero-order valence-electron chi connectivity index (χ0n) is 63.0. The zero-order chi connectivity index (χ0) is 71.0. The summed E-state index contributed by atoms with van der Waals surface area (Å²) in [5, 5.41) is 10.6. The van der Waals surface area contributed by atoms with Gasteiger partial charge in [0, 0.05) is 25.7 Å². The molecule has 3 N–H and O–H groups in total. The van der Waals surface area contributed by atoms with Gasteiger partial charge >= 0.3 is 39.5 Å². The molecular weight excluding hydrogens is 1260 g/mol. The summed E-state index contributed by atoms with van der Waals surface area (Å²) in [6, 6.07) is 0. The molecule has 0 fully saturated rings. The van der Waals surface area contributed by atoms with Gasteiger partial charge < -0.3 is 33.8 Å². The standard InChI is InChI=1S/C77H150O17P2/c1-9-70(8)56-48-40-32-24-17-19-25-33-41-49-57-74(79)87-63-72(93-76(81)59-51-43-35-26-15-13-11-10-12-14-21-29-37-45-53-67(2)3)65-91-95(83,84)89-61-71(78)62-90-96(85,86)92-66-73(64-88-75(80)58-50-42-34-28-20-23-31-39-47-55-69(6)7)94-77(82)60-52-44-36-27-18-16-22-30-38-46-54-68(4)5/h67-73,78H,9-66H2,1-8H3,(H,83,84)(H,85,86)/t70?,71-,72-,73-/m1/s1. The van der Waals surface area contributed by atoms with Gasteiger partial charge in [-0.2, -0.15) is 0 Å². The van der Waals surface area contributed by atoms with Crippen LogP contribution >= 0.6 is 15.6 Å². The summed E-state index contributed by atoms with van der Waals surface area (Å²) in [5.41, 5.74) is 0. The van der Waals surface area contributed by atoms with E-state index in [-0.39, 0.29) is 25.7 Å². The summed E-state index contributed by atoms with van der Waals surface area (Å²) in [5.74, 6) is 0.982. The zero-order valence-corrected chi connectivity index (χ0v) is 64.8. The molecule has 0 saturated carbocycles. The van der Waals surface area contributed by atoms with Gasteiger partial charge in [-0.3, -0.25) is 37.3 Å². The lowest BCUT2D eigenvalue weighted by atomic mass is 9.99. The third-order valence-electron chi connectivity index (χ3n) is 18.2. The number of hydrogen-bond donors (Lipinski definition) is 3. The topological polar surface area (TPSA) is 237 Å². The molecule has 0 radical (unpaired) electrons. The maximum atomic E-state index is 13.1. The fourth-order valence-electron chi connectivity index (χ4n) is 11.7. The van der Waals surface area contributed by atoms with Gasteiger partial charge in [0.15, 0.2) is 12.2 Å². The maximum absolute atomic E-state index is 13.1. The van der Waals surface area contributed by atoms with Gasteiger partial charge in [-0.1, -0.05) is 338 Å². The third kappa shape index (κ3) is 69.2. The second-order valence-corrected chi connectivity index (χ2v) is 32.3. The van der Waals surface area contributed by atoms with Crippen LogP contribution in [-0.4, -0.2) is 96.7 Å². The first-order valence-electron chi connectivity index (χ1n) is 39.7. The molecule has 0 rings (SSSR count). The summed E-state index contributed by atoms with van der Waals surface area (Å²) in [4.78, 5) is 72.9. The summed E-state index contributed by atoms with van der Waals surface area (Å²) in [6.07, 6.45) is 51.2. The number of hydrogen-bond acceptors (Lipinski definition) is 15. The molecule has 0 spiro atoms. The van der Waals surface area contributed by atoms with E-state index in [0.29, 0.717) is 25.7 Å². The van der Waals surface area contributed by atoms with E-state index in [0.717, 1.165) is 114 Å². The van der Waals surface area contributed by atoms with Gasteiger partial charge in [0.1, 0.15) is 19.3 Å². The number of phosphoric acid groups is 2. The van der Waals surface area contributed by atoms with Crippen LogP contribution in [0.1, 0.15) is 389 Å². The Hall–Kier alpha value is -1.94. The smallest absolute Gasteiger partial charge is 0.462 e. The Morgan fingerprint density at radius 3 is 0.740 bits per heavy atom. The Kier molecular flexibility index (Phi) is 65.0. The normalized spacial score (nSPS) is 14.4. The van der Waals surface area contributed by atoms with Gasteiger partial charge in [0.05, 0.1) is 26.4 Å². The second-order valence-electron chi connectivity index (χ2n) is 29.4. The predicted octanol–water partition coefficient (Wildman–Crippen LogP) is 22.4. The lowest BCUT2D eigenvalue weighted by Gasteiger charge is -2.21. The van der Waals surface area contributed by atoms with E-state index in [4.69, 9.17) is 37.0 Å². The summed E-state index contributed by atoms with van der Waals surface area (Å²) in [6.45, 7) is 14.2. The quantitative estimate of drug-likeness (QED) is 0.0222. The van der Waals surface area contributed by atoms with Gasteiger partial charge in [0.25, 0.3) is 0 Å². The van der Waals surface area contributed by atoms with Gasteiger partial charge in [-0.05, 0) is 49.4 Å². The third-order valence-corrected chi connectivity index (χ3v) is 20.1. The van der Waals surface area contributed by atoms with Crippen molar-refractivity contribution < 1.29 is 80.2 Å². The van der Waals surface area contributed by atoms with Crippen LogP contribution in [0.3, 0.4) is 0 Å². The van der Waals surface area contributed by atoms with Crippen LogP contribution in [0, 0.1) is 23.7 Å². The van der Waals surface area contributed by atoms with E-state index in [1.165, 1.54) is 193 Å². The number of rotatable bonds is 74. The van der Waals surface area contributed by atoms with E-state index < -0.39 is 97.5 Å². The molecule has 3 unspecified atom stereocenters. The molecule has 0 aromatic rings. The van der Waals surface area contributed by atoms with Crippen molar-refractivity contribution in [1.29, 1.82) is 0 Å². The molecule has 570 valence electrons. The molecule has 0 aliphatic heterocycles. The molecular formula is C77H150O17P2. The van der Waals surface area contributed by atoms with Crippen LogP contribution in [0.25, 0.3) is 0 Å². The number of carbonyl (C=O) groups excluding carboxylic acids is 4. The Balaban J connectivity index is 5.27. The highest BCUT2D eigenvalue weighted by molar-refractivity contribution is 7.47. The first kappa shape index (κ1) is 94.1. The number of esters is 4. The lowest BCUT2D eigenvalue weighted by Crippen LogP contribution is -2.30. The lowest BCUT2D eigenvalue weighted by molar-refractivity contribution is -0.161. The molecule has 17 nitrogen and oxygen atoms in total. The highest BCUT2D eigenvalue weighted by atomic mass is 31.2. The Morgan fingerprint density at radius 2 is 0.500 bits per heavy atom. The minimum atomic E-state index is -4.96. The van der Waals surface area contributed by atoms with E-state index >= 15 is 0 Å². The van der Waals surface area contributed by atoms with Crippen molar-refractivity contribution in [2.24, 2.45) is 23.7 Å². The van der Waals surface area contributed by atoms with Crippen LogP contribution in [-0.2, 0) is 65.4 Å². The molecule has 0 amide bonds. The second kappa shape index (κ2) is 66.3. The molecule has 0 bridgehead atoms. The molecule has 0 aromatic carbocycles. The van der Waals surface area contributed by atoms with Crippen molar-refractivity contribution in [3.63, 3.8) is 0 Å². The van der Waals surface area contributed by atoms with Crippen molar-refractivity contribution >= 4 is 39.5 Å². The van der Waals surface area contributed by atoms with Crippen molar-refractivity contribution in [3.05, 3.63) is 0 Å². The molecule has 0 aliphatic rings. The van der Waals surface area contributed by atoms with E-state index in [1.807, 2.05) is 0 Å². The minimum Gasteiger partial charge on any atom is -0.462 e. The Morgan fingerprint density at radius 1 is 0.292 bits per heavy atom. The molecule has 6 atom stereocenters. The van der Waals surface area contributed by atoms with Crippen LogP contribution in [0.2, 0.25) is 0 Å². The summed E-state index contributed by atoms with van der Waals surface area (Å²) < 4.78 is 68.6. The van der Waals surface area contributed by atoms with Crippen LogP contribution in [0.15, 0.2) is 0 Å². The van der Waals surface area contributed by atoms with Crippen LogP contribution in [0.4, 0.5) is 0 Å². The van der Waals surface area contributed by atoms with Gasteiger partial charge in [0.2, 0.25) is 0 Å². The monoisotopic (exact) mass is 1410 g/mol. The number of aliphatic hydroxyl groups excluding tert-OH is 1. The molecule has 0 aliphatic carbocycles. The van der Waals surface area contributed by atoms with E-state index in [1.54, 1.807) is 0 Å². The SMILES string of the molecule is CCC(C)CCCCCCCCCCCCC(=O)OC[C@H](COP(=O)(O)OC[C@@H](O)COP(=O)(O)OC[C@@H](COC(=O)CCCCCCCCCCCC(C)C)OC(=O)CCCCCCCCCCCCC(C)C)OC(=O)CCCCCCCCCCCCCCCCC(C)C.